The van der Waals surface area contributed by atoms with E-state index in [2.05, 4.69) is 19.2 Å². The van der Waals surface area contributed by atoms with E-state index >= 15 is 0 Å². The Bertz CT molecular complexity index is 570. The Balaban J connectivity index is 1.69. The lowest BCUT2D eigenvalue weighted by Crippen LogP contribution is -2.29. The third kappa shape index (κ3) is 6.40. The minimum absolute atomic E-state index is 0.00729. The molecule has 0 aromatic heterocycles. The Kier molecular flexibility index (Phi) is 7.29. The zero-order valence-corrected chi connectivity index (χ0v) is 15.4. The third-order valence-corrected chi connectivity index (χ3v) is 4.85. The summed E-state index contributed by atoms with van der Waals surface area (Å²) in [4.78, 5) is 23.9. The maximum atomic E-state index is 12.0. The van der Waals surface area contributed by atoms with Gasteiger partial charge in [0.15, 0.2) is 0 Å². The SMILES string of the molecule is CCOc1ccc(NC(=O)CCC(=O)O[C@H]2CC[C@@H](C)[C@H](C)C2)cc1. The Hall–Kier alpha value is -2.04. The molecule has 1 N–H and O–H groups in total. The van der Waals surface area contributed by atoms with Gasteiger partial charge >= 0.3 is 5.97 Å². The van der Waals surface area contributed by atoms with E-state index < -0.39 is 0 Å². The van der Waals surface area contributed by atoms with Crippen LogP contribution >= 0.6 is 0 Å². The van der Waals surface area contributed by atoms with E-state index in [4.69, 9.17) is 9.47 Å². The molecule has 0 spiro atoms. The van der Waals surface area contributed by atoms with Crippen molar-refractivity contribution in [2.75, 3.05) is 11.9 Å². The second kappa shape index (κ2) is 9.44. The second-order valence-electron chi connectivity index (χ2n) is 6.89. The van der Waals surface area contributed by atoms with Crippen LogP contribution in [0.3, 0.4) is 0 Å². The molecular weight excluding hydrogens is 318 g/mol. The van der Waals surface area contributed by atoms with Crippen LogP contribution in [0, 0.1) is 11.8 Å². The van der Waals surface area contributed by atoms with Crippen molar-refractivity contribution < 1.29 is 19.1 Å². The van der Waals surface area contributed by atoms with Crippen molar-refractivity contribution in [2.45, 2.75) is 59.0 Å². The number of carbonyl (C=O) groups excluding carboxylic acids is 2. The van der Waals surface area contributed by atoms with Crippen molar-refractivity contribution in [2.24, 2.45) is 11.8 Å². The number of ether oxygens (including phenoxy) is 2. The molecule has 1 aliphatic rings. The lowest BCUT2D eigenvalue weighted by Gasteiger charge is -2.31. The molecule has 0 aliphatic heterocycles. The van der Waals surface area contributed by atoms with Gasteiger partial charge in [-0.2, -0.15) is 0 Å². The molecule has 1 fully saturated rings. The largest absolute Gasteiger partial charge is 0.494 e. The van der Waals surface area contributed by atoms with E-state index in [1.165, 1.54) is 0 Å². The summed E-state index contributed by atoms with van der Waals surface area (Å²) in [5.74, 6) is 1.56. The summed E-state index contributed by atoms with van der Waals surface area (Å²) in [6, 6.07) is 7.18. The fourth-order valence-electron chi connectivity index (χ4n) is 3.09. The van der Waals surface area contributed by atoms with Crippen molar-refractivity contribution in [3.05, 3.63) is 24.3 Å². The minimum Gasteiger partial charge on any atom is -0.494 e. The Morgan fingerprint density at radius 1 is 1.08 bits per heavy atom. The van der Waals surface area contributed by atoms with Crippen LogP contribution in [0.5, 0.6) is 5.75 Å². The molecule has 138 valence electrons. The molecule has 1 aromatic carbocycles. The highest BCUT2D eigenvalue weighted by Crippen LogP contribution is 2.31. The van der Waals surface area contributed by atoms with Crippen LogP contribution in [0.1, 0.15) is 52.9 Å². The minimum atomic E-state index is -0.284. The van der Waals surface area contributed by atoms with E-state index in [9.17, 15) is 9.59 Å². The Morgan fingerprint density at radius 3 is 2.44 bits per heavy atom. The van der Waals surface area contributed by atoms with Gasteiger partial charge in [0.05, 0.1) is 13.0 Å². The van der Waals surface area contributed by atoms with Crippen molar-refractivity contribution in [3.8, 4) is 5.75 Å². The van der Waals surface area contributed by atoms with Gasteiger partial charge in [-0.15, -0.1) is 0 Å². The summed E-state index contributed by atoms with van der Waals surface area (Å²) in [5, 5.41) is 2.78. The maximum Gasteiger partial charge on any atom is 0.306 e. The van der Waals surface area contributed by atoms with Gasteiger partial charge in [-0.1, -0.05) is 13.8 Å². The first-order valence-electron chi connectivity index (χ1n) is 9.20. The summed E-state index contributed by atoms with van der Waals surface area (Å²) < 4.78 is 10.9. The van der Waals surface area contributed by atoms with Gasteiger partial charge < -0.3 is 14.8 Å². The summed E-state index contributed by atoms with van der Waals surface area (Å²) in [6.45, 7) is 6.97. The molecule has 25 heavy (non-hydrogen) atoms. The van der Waals surface area contributed by atoms with Crippen molar-refractivity contribution in [1.29, 1.82) is 0 Å². The number of nitrogens with one attached hydrogen (secondary N) is 1. The first-order valence-corrected chi connectivity index (χ1v) is 9.20. The van der Waals surface area contributed by atoms with E-state index in [1.807, 2.05) is 6.92 Å². The first kappa shape index (κ1) is 19.3. The number of benzene rings is 1. The van der Waals surface area contributed by atoms with Gasteiger partial charge in [0.2, 0.25) is 5.91 Å². The molecule has 1 saturated carbocycles. The smallest absolute Gasteiger partial charge is 0.306 e. The van der Waals surface area contributed by atoms with Gasteiger partial charge in [0.1, 0.15) is 11.9 Å². The van der Waals surface area contributed by atoms with Gasteiger partial charge in [-0.3, -0.25) is 9.59 Å². The molecule has 0 heterocycles. The second-order valence-corrected chi connectivity index (χ2v) is 6.89. The van der Waals surface area contributed by atoms with Gasteiger partial charge in [-0.05, 0) is 62.3 Å². The molecule has 0 bridgehead atoms. The highest BCUT2D eigenvalue weighted by atomic mass is 16.5. The van der Waals surface area contributed by atoms with Crippen LogP contribution in [-0.2, 0) is 14.3 Å². The monoisotopic (exact) mass is 347 g/mol. The Labute approximate surface area is 150 Å². The lowest BCUT2D eigenvalue weighted by atomic mass is 9.80. The highest BCUT2D eigenvalue weighted by Gasteiger charge is 2.27. The van der Waals surface area contributed by atoms with Crippen molar-refractivity contribution >= 4 is 17.6 Å². The average molecular weight is 347 g/mol. The van der Waals surface area contributed by atoms with E-state index in [0.717, 1.165) is 25.0 Å². The van der Waals surface area contributed by atoms with E-state index in [0.29, 0.717) is 24.1 Å². The van der Waals surface area contributed by atoms with Crippen LogP contribution in [0.2, 0.25) is 0 Å². The zero-order valence-electron chi connectivity index (χ0n) is 15.4. The molecule has 0 unspecified atom stereocenters. The van der Waals surface area contributed by atoms with E-state index in [-0.39, 0.29) is 30.8 Å². The molecule has 5 nitrogen and oxygen atoms in total. The average Bonchev–Trinajstić information content (AvgIpc) is 2.58. The number of hydrogen-bond donors (Lipinski definition) is 1. The highest BCUT2D eigenvalue weighted by molar-refractivity contribution is 5.92. The van der Waals surface area contributed by atoms with Crippen molar-refractivity contribution in [1.82, 2.24) is 0 Å². The predicted octanol–water partition coefficient (Wildman–Crippen LogP) is 4.17. The third-order valence-electron chi connectivity index (χ3n) is 4.85. The van der Waals surface area contributed by atoms with Crippen molar-refractivity contribution in [3.63, 3.8) is 0 Å². The molecule has 1 amide bonds. The topological polar surface area (TPSA) is 64.6 Å². The van der Waals surface area contributed by atoms with Gasteiger partial charge in [0.25, 0.3) is 0 Å². The zero-order chi connectivity index (χ0) is 18.2. The van der Waals surface area contributed by atoms with Crippen LogP contribution in [0.15, 0.2) is 24.3 Å². The number of esters is 1. The fourth-order valence-corrected chi connectivity index (χ4v) is 3.09. The number of carbonyl (C=O) groups is 2. The molecule has 0 saturated heterocycles. The lowest BCUT2D eigenvalue weighted by molar-refractivity contribution is -0.152. The number of amides is 1. The van der Waals surface area contributed by atoms with E-state index in [1.54, 1.807) is 24.3 Å². The van der Waals surface area contributed by atoms with Crippen LogP contribution in [0.25, 0.3) is 0 Å². The Morgan fingerprint density at radius 2 is 1.80 bits per heavy atom. The molecule has 1 aromatic rings. The molecular formula is C20H29NO4. The fraction of sp³-hybridized carbons (Fsp3) is 0.600. The molecule has 2 rings (SSSR count). The first-order chi connectivity index (χ1) is 12.0. The number of hydrogen-bond acceptors (Lipinski definition) is 4. The van der Waals surface area contributed by atoms with Crippen LogP contribution in [0.4, 0.5) is 5.69 Å². The standard InChI is InChI=1S/C20H29NO4/c1-4-24-17-9-6-16(7-10-17)21-19(22)11-12-20(23)25-18-8-5-14(2)15(3)13-18/h6-7,9-10,14-15,18H,4-5,8,11-13H2,1-3H3,(H,21,22)/t14-,15-,18+/m1/s1. The number of anilines is 1. The summed E-state index contributed by atoms with van der Waals surface area (Å²) in [6.07, 6.45) is 3.19. The molecule has 0 radical (unpaired) electrons. The molecule has 3 atom stereocenters. The predicted molar refractivity (Wildman–Crippen MR) is 97.5 cm³/mol. The van der Waals surface area contributed by atoms with Gasteiger partial charge in [0, 0.05) is 12.1 Å². The number of rotatable bonds is 7. The quantitative estimate of drug-likeness (QED) is 0.752. The maximum absolute atomic E-state index is 12.0. The van der Waals surface area contributed by atoms with Crippen LogP contribution < -0.4 is 10.1 Å². The van der Waals surface area contributed by atoms with Gasteiger partial charge in [-0.25, -0.2) is 0 Å². The summed E-state index contributed by atoms with van der Waals surface area (Å²) >= 11 is 0. The summed E-state index contributed by atoms with van der Waals surface area (Å²) in [5.41, 5.74) is 0.692. The van der Waals surface area contributed by atoms with Crippen LogP contribution in [-0.4, -0.2) is 24.6 Å². The molecule has 5 heteroatoms. The molecule has 1 aliphatic carbocycles. The summed E-state index contributed by atoms with van der Waals surface area (Å²) in [7, 11) is 0. The normalized spacial score (nSPS) is 22.9.